The number of rotatable bonds is 5. The van der Waals surface area contributed by atoms with Crippen molar-refractivity contribution in [3.05, 3.63) is 29.8 Å². The summed E-state index contributed by atoms with van der Waals surface area (Å²) in [6.45, 7) is 5.10. The number of nitrogens with one attached hydrogen (secondary N) is 1. The van der Waals surface area contributed by atoms with Crippen LogP contribution in [-0.2, 0) is 9.53 Å². The van der Waals surface area contributed by atoms with Crippen LogP contribution in [0.2, 0.25) is 0 Å². The van der Waals surface area contributed by atoms with E-state index in [1.807, 2.05) is 31.2 Å². The van der Waals surface area contributed by atoms with E-state index >= 15 is 0 Å². The molecule has 0 radical (unpaired) electrons. The van der Waals surface area contributed by atoms with Crippen LogP contribution in [0.25, 0.3) is 0 Å². The molecule has 1 N–H and O–H groups in total. The number of aryl methyl sites for hydroxylation is 1. The molecule has 1 aromatic rings. The van der Waals surface area contributed by atoms with Gasteiger partial charge in [-0.15, -0.1) is 0 Å². The topological polar surface area (TPSA) is 47.6 Å². The Kier molecular flexibility index (Phi) is 4.80. The fourth-order valence-electron chi connectivity index (χ4n) is 2.10. The maximum atomic E-state index is 11.9. The van der Waals surface area contributed by atoms with Gasteiger partial charge in [-0.3, -0.25) is 4.79 Å². The van der Waals surface area contributed by atoms with E-state index < -0.39 is 6.10 Å². The Hall–Kier alpha value is -1.55. The summed E-state index contributed by atoms with van der Waals surface area (Å²) in [4.78, 5) is 11.9. The molecule has 0 saturated carbocycles. The standard InChI is InChI=1S/C15H21NO3/c1-11-6-3-4-8-14(11)19-12(2)15(17)16-10-13-7-5-9-18-13/h3-4,6,8,12-13H,5,7,9-10H2,1-2H3,(H,16,17)/t12-,13+/m0/s1. The second-order valence-electron chi connectivity index (χ2n) is 4.91. The zero-order valence-corrected chi connectivity index (χ0v) is 11.5. The molecule has 0 unspecified atom stereocenters. The van der Waals surface area contributed by atoms with Crippen molar-refractivity contribution in [2.24, 2.45) is 0 Å². The quantitative estimate of drug-likeness (QED) is 0.884. The van der Waals surface area contributed by atoms with Crippen molar-refractivity contribution in [1.29, 1.82) is 0 Å². The molecule has 4 nitrogen and oxygen atoms in total. The molecule has 104 valence electrons. The van der Waals surface area contributed by atoms with Crippen LogP contribution in [-0.4, -0.2) is 31.3 Å². The van der Waals surface area contributed by atoms with E-state index in [0.717, 1.165) is 30.8 Å². The number of carbonyl (C=O) groups is 1. The van der Waals surface area contributed by atoms with Crippen molar-refractivity contribution in [2.45, 2.75) is 38.9 Å². The van der Waals surface area contributed by atoms with Gasteiger partial charge in [0.2, 0.25) is 0 Å². The van der Waals surface area contributed by atoms with Crippen LogP contribution in [0.4, 0.5) is 0 Å². The first kappa shape index (κ1) is 13.9. The maximum absolute atomic E-state index is 11.9. The number of benzene rings is 1. The summed E-state index contributed by atoms with van der Waals surface area (Å²) in [6, 6.07) is 7.69. The normalized spacial score (nSPS) is 20.0. The third kappa shape index (κ3) is 3.96. The molecular weight excluding hydrogens is 242 g/mol. The number of ether oxygens (including phenoxy) is 2. The second kappa shape index (κ2) is 6.57. The molecule has 0 aliphatic carbocycles. The monoisotopic (exact) mass is 263 g/mol. The van der Waals surface area contributed by atoms with Crippen molar-refractivity contribution < 1.29 is 14.3 Å². The highest BCUT2D eigenvalue weighted by Crippen LogP contribution is 2.17. The zero-order chi connectivity index (χ0) is 13.7. The summed E-state index contributed by atoms with van der Waals surface area (Å²) >= 11 is 0. The Balaban J connectivity index is 1.80. The van der Waals surface area contributed by atoms with E-state index in [1.54, 1.807) is 6.92 Å². The predicted molar refractivity (Wildman–Crippen MR) is 73.3 cm³/mol. The van der Waals surface area contributed by atoms with Gasteiger partial charge in [-0.2, -0.15) is 0 Å². The second-order valence-corrected chi connectivity index (χ2v) is 4.91. The van der Waals surface area contributed by atoms with Crippen molar-refractivity contribution in [3.63, 3.8) is 0 Å². The van der Waals surface area contributed by atoms with Gasteiger partial charge in [0.05, 0.1) is 6.10 Å². The van der Waals surface area contributed by atoms with Gasteiger partial charge in [0.1, 0.15) is 5.75 Å². The molecule has 0 aromatic heterocycles. The molecule has 1 fully saturated rings. The molecule has 0 spiro atoms. The van der Waals surface area contributed by atoms with Crippen LogP contribution in [0.1, 0.15) is 25.3 Å². The first-order chi connectivity index (χ1) is 9.16. The summed E-state index contributed by atoms with van der Waals surface area (Å²) in [5.41, 5.74) is 1.03. The van der Waals surface area contributed by atoms with Crippen molar-refractivity contribution in [2.75, 3.05) is 13.2 Å². The molecule has 19 heavy (non-hydrogen) atoms. The molecule has 2 rings (SSSR count). The fourth-order valence-corrected chi connectivity index (χ4v) is 2.10. The summed E-state index contributed by atoms with van der Waals surface area (Å²) in [7, 11) is 0. The third-order valence-corrected chi connectivity index (χ3v) is 3.29. The Morgan fingerprint density at radius 2 is 2.32 bits per heavy atom. The minimum Gasteiger partial charge on any atom is -0.481 e. The van der Waals surface area contributed by atoms with Crippen molar-refractivity contribution in [3.8, 4) is 5.75 Å². The molecule has 1 amide bonds. The van der Waals surface area contributed by atoms with Crippen molar-refractivity contribution >= 4 is 5.91 Å². The summed E-state index contributed by atoms with van der Waals surface area (Å²) in [5, 5.41) is 2.88. The van der Waals surface area contributed by atoms with Crippen LogP contribution in [0.15, 0.2) is 24.3 Å². The number of carbonyl (C=O) groups excluding carboxylic acids is 1. The van der Waals surface area contributed by atoms with E-state index in [2.05, 4.69) is 5.32 Å². The Morgan fingerprint density at radius 1 is 1.53 bits per heavy atom. The molecule has 4 heteroatoms. The van der Waals surface area contributed by atoms with Gasteiger partial charge in [0.15, 0.2) is 6.10 Å². The van der Waals surface area contributed by atoms with Gasteiger partial charge in [-0.05, 0) is 38.3 Å². The van der Waals surface area contributed by atoms with Crippen LogP contribution >= 0.6 is 0 Å². The first-order valence-corrected chi connectivity index (χ1v) is 6.78. The van der Waals surface area contributed by atoms with E-state index in [4.69, 9.17) is 9.47 Å². The lowest BCUT2D eigenvalue weighted by atomic mass is 10.2. The van der Waals surface area contributed by atoms with E-state index in [-0.39, 0.29) is 12.0 Å². The highest BCUT2D eigenvalue weighted by Gasteiger charge is 2.19. The minimum absolute atomic E-state index is 0.0984. The van der Waals surface area contributed by atoms with Crippen LogP contribution in [0.3, 0.4) is 0 Å². The van der Waals surface area contributed by atoms with Crippen LogP contribution in [0.5, 0.6) is 5.75 Å². The lowest BCUT2D eigenvalue weighted by Gasteiger charge is -2.17. The van der Waals surface area contributed by atoms with Gasteiger partial charge in [-0.1, -0.05) is 18.2 Å². The van der Waals surface area contributed by atoms with Gasteiger partial charge < -0.3 is 14.8 Å². The Bertz CT molecular complexity index is 427. The highest BCUT2D eigenvalue weighted by molar-refractivity contribution is 5.80. The molecule has 0 bridgehead atoms. The smallest absolute Gasteiger partial charge is 0.260 e. The summed E-state index contributed by atoms with van der Waals surface area (Å²) < 4.78 is 11.1. The van der Waals surface area contributed by atoms with Crippen LogP contribution in [0, 0.1) is 6.92 Å². The number of hydrogen-bond acceptors (Lipinski definition) is 3. The maximum Gasteiger partial charge on any atom is 0.260 e. The van der Waals surface area contributed by atoms with Gasteiger partial charge in [0, 0.05) is 13.2 Å². The Morgan fingerprint density at radius 3 is 3.00 bits per heavy atom. The lowest BCUT2D eigenvalue weighted by Crippen LogP contribution is -2.40. The molecule has 1 heterocycles. The van der Waals surface area contributed by atoms with E-state index in [1.165, 1.54) is 0 Å². The molecule has 1 aliphatic rings. The molecular formula is C15H21NO3. The molecule has 1 saturated heterocycles. The largest absolute Gasteiger partial charge is 0.481 e. The average Bonchev–Trinajstić information content (AvgIpc) is 2.91. The van der Waals surface area contributed by atoms with E-state index in [0.29, 0.717) is 6.54 Å². The van der Waals surface area contributed by atoms with Gasteiger partial charge in [0.25, 0.3) is 5.91 Å². The van der Waals surface area contributed by atoms with Crippen LogP contribution < -0.4 is 10.1 Å². The predicted octanol–water partition coefficient (Wildman–Crippen LogP) is 2.06. The van der Waals surface area contributed by atoms with Crippen molar-refractivity contribution in [1.82, 2.24) is 5.32 Å². The molecule has 1 aliphatic heterocycles. The summed E-state index contributed by atoms with van der Waals surface area (Å²) in [6.07, 6.45) is 1.76. The molecule has 1 aromatic carbocycles. The van der Waals surface area contributed by atoms with E-state index in [9.17, 15) is 4.79 Å². The Labute approximate surface area is 114 Å². The highest BCUT2D eigenvalue weighted by atomic mass is 16.5. The SMILES string of the molecule is Cc1ccccc1O[C@@H](C)C(=O)NC[C@H]1CCCO1. The van der Waals surface area contributed by atoms with Gasteiger partial charge >= 0.3 is 0 Å². The zero-order valence-electron chi connectivity index (χ0n) is 11.5. The number of para-hydroxylation sites is 1. The minimum atomic E-state index is -0.498. The average molecular weight is 263 g/mol. The number of amides is 1. The summed E-state index contributed by atoms with van der Waals surface area (Å²) in [5.74, 6) is 0.654. The fraction of sp³-hybridized carbons (Fsp3) is 0.533. The van der Waals surface area contributed by atoms with Gasteiger partial charge in [-0.25, -0.2) is 0 Å². The number of hydrogen-bond donors (Lipinski definition) is 1. The lowest BCUT2D eigenvalue weighted by molar-refractivity contribution is -0.127. The first-order valence-electron chi connectivity index (χ1n) is 6.78. The molecule has 2 atom stereocenters. The third-order valence-electron chi connectivity index (χ3n) is 3.29.